The van der Waals surface area contributed by atoms with Gasteiger partial charge in [0.05, 0.1) is 28.9 Å². The molecule has 0 radical (unpaired) electrons. The van der Waals surface area contributed by atoms with Gasteiger partial charge >= 0.3 is 0 Å². The molecule has 3 aliphatic heterocycles. The van der Waals surface area contributed by atoms with Crippen LogP contribution in [0.25, 0.3) is 0 Å². The van der Waals surface area contributed by atoms with Crippen LogP contribution in [0.5, 0.6) is 0 Å². The molecule has 1 spiro atoms. The topological polar surface area (TPSA) is 71.3 Å². The van der Waals surface area contributed by atoms with E-state index in [1.54, 1.807) is 12.4 Å². The molecule has 3 fully saturated rings. The van der Waals surface area contributed by atoms with Crippen molar-refractivity contribution in [3.63, 3.8) is 0 Å². The number of aromatic nitrogens is 2. The highest BCUT2D eigenvalue weighted by atomic mass is 32.2. The first kappa shape index (κ1) is 16.1. The standard InChI is InChI=1S/C17H22N4O2S/c18-6-16-19-7-14(8-20-16)21-11-17(12-21)5-15(10-24-17)23-9-13-1-3-22-4-2-13/h7-8,13,15H,1-5,9-12H2/t15-/m1/s1. The van der Waals surface area contributed by atoms with Gasteiger partial charge in [0.25, 0.3) is 0 Å². The van der Waals surface area contributed by atoms with Crippen molar-refractivity contribution in [2.75, 3.05) is 43.6 Å². The van der Waals surface area contributed by atoms with Gasteiger partial charge in [-0.15, -0.1) is 11.8 Å². The molecule has 24 heavy (non-hydrogen) atoms. The van der Waals surface area contributed by atoms with Crippen LogP contribution in [-0.2, 0) is 9.47 Å². The third-order valence-corrected chi connectivity index (χ3v) is 6.72. The van der Waals surface area contributed by atoms with Gasteiger partial charge in [0.1, 0.15) is 6.07 Å². The molecule has 0 saturated carbocycles. The Morgan fingerprint density at radius 2 is 2.08 bits per heavy atom. The molecule has 0 aliphatic carbocycles. The zero-order chi connectivity index (χ0) is 16.4. The van der Waals surface area contributed by atoms with Crippen molar-refractivity contribution < 1.29 is 9.47 Å². The summed E-state index contributed by atoms with van der Waals surface area (Å²) >= 11 is 2.05. The van der Waals surface area contributed by atoms with Crippen molar-refractivity contribution in [2.24, 2.45) is 5.92 Å². The number of nitriles is 1. The zero-order valence-electron chi connectivity index (χ0n) is 13.7. The summed E-state index contributed by atoms with van der Waals surface area (Å²) in [6.45, 7) is 4.70. The molecular formula is C17H22N4O2S. The number of hydrogen-bond donors (Lipinski definition) is 0. The monoisotopic (exact) mass is 346 g/mol. The lowest BCUT2D eigenvalue weighted by molar-refractivity contribution is -0.00650. The van der Waals surface area contributed by atoms with E-state index in [1.807, 2.05) is 17.8 Å². The lowest BCUT2D eigenvalue weighted by Crippen LogP contribution is -2.59. The van der Waals surface area contributed by atoms with Gasteiger partial charge < -0.3 is 14.4 Å². The van der Waals surface area contributed by atoms with Crippen LogP contribution in [-0.4, -0.2) is 59.5 Å². The maximum Gasteiger partial charge on any atom is 0.232 e. The average molecular weight is 346 g/mol. The van der Waals surface area contributed by atoms with Crippen LogP contribution in [0.1, 0.15) is 25.1 Å². The third-order valence-electron chi connectivity index (χ3n) is 5.14. The highest BCUT2D eigenvalue weighted by Gasteiger charge is 2.49. The van der Waals surface area contributed by atoms with E-state index in [0.29, 0.717) is 16.8 Å². The van der Waals surface area contributed by atoms with Gasteiger partial charge in [0.2, 0.25) is 5.82 Å². The van der Waals surface area contributed by atoms with E-state index in [2.05, 4.69) is 14.9 Å². The molecule has 3 aliphatic rings. The Morgan fingerprint density at radius 1 is 1.33 bits per heavy atom. The molecule has 0 bridgehead atoms. The van der Waals surface area contributed by atoms with E-state index in [1.165, 1.54) is 0 Å². The lowest BCUT2D eigenvalue weighted by Gasteiger charge is -2.48. The second-order valence-electron chi connectivity index (χ2n) is 6.94. The highest BCUT2D eigenvalue weighted by molar-refractivity contribution is 8.01. The Kier molecular flexibility index (Phi) is 4.61. The van der Waals surface area contributed by atoms with Crippen LogP contribution in [0.3, 0.4) is 0 Å². The van der Waals surface area contributed by atoms with Crippen molar-refractivity contribution >= 4 is 17.4 Å². The van der Waals surface area contributed by atoms with E-state index in [0.717, 1.165) is 63.6 Å². The Morgan fingerprint density at radius 3 is 2.79 bits per heavy atom. The van der Waals surface area contributed by atoms with Crippen LogP contribution in [0.15, 0.2) is 12.4 Å². The molecule has 0 N–H and O–H groups in total. The van der Waals surface area contributed by atoms with Crippen LogP contribution in [0, 0.1) is 17.2 Å². The Balaban J connectivity index is 1.24. The predicted molar refractivity (Wildman–Crippen MR) is 92.0 cm³/mol. The molecule has 1 atom stereocenters. The Bertz CT molecular complexity index is 606. The van der Waals surface area contributed by atoms with Gasteiger partial charge in [-0.05, 0) is 25.2 Å². The summed E-state index contributed by atoms with van der Waals surface area (Å²) in [6.07, 6.45) is 7.29. The summed E-state index contributed by atoms with van der Waals surface area (Å²) in [7, 11) is 0. The molecular weight excluding hydrogens is 324 g/mol. The van der Waals surface area contributed by atoms with Crippen LogP contribution < -0.4 is 4.90 Å². The number of rotatable bonds is 4. The van der Waals surface area contributed by atoms with E-state index in [4.69, 9.17) is 14.7 Å². The van der Waals surface area contributed by atoms with Crippen LogP contribution in [0.4, 0.5) is 5.69 Å². The van der Waals surface area contributed by atoms with Crippen molar-refractivity contribution in [1.82, 2.24) is 9.97 Å². The van der Waals surface area contributed by atoms with Gasteiger partial charge in [-0.1, -0.05) is 0 Å². The normalized spacial score (nSPS) is 26.3. The molecule has 1 aromatic heterocycles. The van der Waals surface area contributed by atoms with Gasteiger partial charge in [0.15, 0.2) is 0 Å². The fraction of sp³-hybridized carbons (Fsp3) is 0.706. The van der Waals surface area contributed by atoms with Crippen molar-refractivity contribution in [3.05, 3.63) is 18.2 Å². The zero-order valence-corrected chi connectivity index (χ0v) is 14.5. The van der Waals surface area contributed by atoms with E-state index >= 15 is 0 Å². The van der Waals surface area contributed by atoms with Crippen molar-refractivity contribution in [3.8, 4) is 6.07 Å². The Labute approximate surface area is 146 Å². The van der Waals surface area contributed by atoms with Crippen LogP contribution >= 0.6 is 11.8 Å². The largest absolute Gasteiger partial charge is 0.381 e. The van der Waals surface area contributed by atoms with Gasteiger partial charge in [-0.3, -0.25) is 0 Å². The fourth-order valence-electron chi connectivity index (χ4n) is 3.69. The van der Waals surface area contributed by atoms with E-state index < -0.39 is 0 Å². The van der Waals surface area contributed by atoms with E-state index in [9.17, 15) is 0 Å². The summed E-state index contributed by atoms with van der Waals surface area (Å²) in [5.41, 5.74) is 1.01. The average Bonchev–Trinajstić information content (AvgIpc) is 3.04. The number of anilines is 1. The summed E-state index contributed by atoms with van der Waals surface area (Å²) < 4.78 is 11.9. The molecule has 0 unspecified atom stereocenters. The SMILES string of the molecule is N#Cc1ncc(N2CC3(C[C@@H](OCC4CCOCC4)CS3)C2)cn1. The second-order valence-corrected chi connectivity index (χ2v) is 8.43. The third kappa shape index (κ3) is 3.37. The van der Waals surface area contributed by atoms with Crippen LogP contribution in [0.2, 0.25) is 0 Å². The maximum atomic E-state index is 8.77. The molecule has 4 rings (SSSR count). The molecule has 0 amide bonds. The maximum absolute atomic E-state index is 8.77. The summed E-state index contributed by atoms with van der Waals surface area (Å²) in [4.78, 5) is 10.4. The first-order valence-electron chi connectivity index (χ1n) is 8.57. The molecule has 6 nitrogen and oxygen atoms in total. The fourth-order valence-corrected chi connectivity index (χ4v) is 5.24. The molecule has 1 aromatic rings. The number of nitrogens with zero attached hydrogens (tertiary/aromatic N) is 4. The first-order valence-corrected chi connectivity index (χ1v) is 9.55. The summed E-state index contributed by atoms with van der Waals surface area (Å²) in [6, 6.07) is 1.96. The highest BCUT2D eigenvalue weighted by Crippen LogP contribution is 2.47. The number of ether oxygens (including phenoxy) is 2. The van der Waals surface area contributed by atoms with Crippen molar-refractivity contribution in [1.29, 1.82) is 5.26 Å². The minimum Gasteiger partial charge on any atom is -0.381 e. The number of hydrogen-bond acceptors (Lipinski definition) is 7. The molecule has 7 heteroatoms. The van der Waals surface area contributed by atoms with Gasteiger partial charge in [0, 0.05) is 38.7 Å². The van der Waals surface area contributed by atoms with Crippen molar-refractivity contribution in [2.45, 2.75) is 30.1 Å². The Hall–Kier alpha value is -1.36. The first-order chi connectivity index (χ1) is 11.8. The smallest absolute Gasteiger partial charge is 0.232 e. The second kappa shape index (κ2) is 6.87. The van der Waals surface area contributed by atoms with Gasteiger partial charge in [-0.25, -0.2) is 9.97 Å². The quantitative estimate of drug-likeness (QED) is 0.824. The molecule has 3 saturated heterocycles. The minimum atomic E-state index is 0.228. The van der Waals surface area contributed by atoms with E-state index in [-0.39, 0.29) is 5.82 Å². The predicted octanol–water partition coefficient (Wildman–Crippen LogP) is 1.86. The lowest BCUT2D eigenvalue weighted by atomic mass is 9.92. The minimum absolute atomic E-state index is 0.228. The summed E-state index contributed by atoms with van der Waals surface area (Å²) in [5.74, 6) is 2.00. The number of thioether (sulfide) groups is 1. The molecule has 4 heterocycles. The summed E-state index contributed by atoms with van der Waals surface area (Å²) in [5, 5.41) is 8.77. The van der Waals surface area contributed by atoms with Gasteiger partial charge in [-0.2, -0.15) is 5.26 Å². The molecule has 0 aromatic carbocycles. The molecule has 128 valence electrons.